The molecule has 0 unspecified atom stereocenters. The zero-order valence-electron chi connectivity index (χ0n) is 29.3. The fourth-order valence-corrected chi connectivity index (χ4v) is 9.27. The maximum Gasteiger partial charge on any atom is 0.176 e. The number of hydrogen-bond acceptors (Lipinski definition) is 2. The van der Waals surface area contributed by atoms with E-state index in [9.17, 15) is 8.78 Å². The summed E-state index contributed by atoms with van der Waals surface area (Å²) in [5, 5.41) is 0. The SMILES string of the molecule is Fc1ccc(N(c2ccccc2)C2(N(c3ccccc3)c3ccc(F)cc3)c3cccc4c3-c3c(cccc32)C4(c2ccccc2)c2ccccc2)cc1. The van der Waals surface area contributed by atoms with Gasteiger partial charge < -0.3 is 9.80 Å². The number of halogens is 2. The average Bonchev–Trinajstić information content (AvgIpc) is 3.71. The normalized spacial score (nSPS) is 14.0. The van der Waals surface area contributed by atoms with Crippen molar-refractivity contribution in [1.82, 2.24) is 0 Å². The van der Waals surface area contributed by atoms with Crippen LogP contribution in [0.2, 0.25) is 0 Å². The van der Waals surface area contributed by atoms with Crippen molar-refractivity contribution in [3.8, 4) is 11.1 Å². The summed E-state index contributed by atoms with van der Waals surface area (Å²) in [6.07, 6.45) is 0. The van der Waals surface area contributed by atoms with E-state index < -0.39 is 11.1 Å². The van der Waals surface area contributed by atoms with Gasteiger partial charge in [-0.2, -0.15) is 0 Å². The van der Waals surface area contributed by atoms with Crippen LogP contribution in [0.3, 0.4) is 0 Å². The molecule has 8 aromatic rings. The molecule has 54 heavy (non-hydrogen) atoms. The maximum atomic E-state index is 14.8. The molecule has 10 rings (SSSR count). The first-order valence-corrected chi connectivity index (χ1v) is 18.2. The highest BCUT2D eigenvalue weighted by Gasteiger charge is 2.60. The van der Waals surface area contributed by atoms with Gasteiger partial charge in [0.1, 0.15) is 11.6 Å². The van der Waals surface area contributed by atoms with Crippen molar-refractivity contribution in [3.05, 3.63) is 251 Å². The van der Waals surface area contributed by atoms with Crippen LogP contribution >= 0.6 is 0 Å². The van der Waals surface area contributed by atoms with Crippen molar-refractivity contribution in [2.75, 3.05) is 9.80 Å². The van der Waals surface area contributed by atoms with Gasteiger partial charge in [0.25, 0.3) is 0 Å². The van der Waals surface area contributed by atoms with Gasteiger partial charge in [0.2, 0.25) is 0 Å². The van der Waals surface area contributed by atoms with Crippen LogP contribution in [0.25, 0.3) is 11.1 Å². The lowest BCUT2D eigenvalue weighted by molar-refractivity contribution is 0.541. The number of benzene rings is 8. The molecule has 0 heterocycles. The van der Waals surface area contributed by atoms with Gasteiger partial charge in [0.05, 0.1) is 5.41 Å². The fourth-order valence-electron chi connectivity index (χ4n) is 9.27. The molecule has 2 aliphatic rings. The van der Waals surface area contributed by atoms with Gasteiger partial charge in [-0.3, -0.25) is 0 Å². The third-order valence-corrected chi connectivity index (χ3v) is 11.2. The van der Waals surface area contributed by atoms with E-state index in [1.165, 1.54) is 57.6 Å². The first-order chi connectivity index (χ1) is 26.6. The lowest BCUT2D eigenvalue weighted by Crippen LogP contribution is -2.55. The highest BCUT2D eigenvalue weighted by atomic mass is 19.1. The smallest absolute Gasteiger partial charge is 0.176 e. The number of rotatable bonds is 8. The lowest BCUT2D eigenvalue weighted by atomic mass is 9.66. The standard InChI is InChI=1S/C50H34F2N2/c51-37-27-31-41(32-28-37)53(39-19-9-3-10-20-39)50(54(40-21-11-4-12-22-40)42-33-29-38(52)30-34-42)45-25-13-23-43-47(45)48-44(24-14-26-46(48)50)49(43,35-15-5-1-6-16-35)36-17-7-2-8-18-36/h1-34H. The van der Waals surface area contributed by atoms with Crippen molar-refractivity contribution in [2.24, 2.45) is 0 Å². The zero-order chi connectivity index (χ0) is 36.3. The Labute approximate surface area is 313 Å². The minimum Gasteiger partial charge on any atom is -0.310 e. The van der Waals surface area contributed by atoms with Crippen LogP contribution in [0.4, 0.5) is 31.5 Å². The molecule has 0 amide bonds. The summed E-state index contributed by atoms with van der Waals surface area (Å²) >= 11 is 0. The van der Waals surface area contributed by atoms with Crippen molar-refractivity contribution < 1.29 is 8.78 Å². The highest BCUT2D eigenvalue weighted by Crippen LogP contribution is 2.67. The van der Waals surface area contributed by atoms with E-state index >= 15 is 0 Å². The Morgan fingerprint density at radius 2 is 0.611 bits per heavy atom. The molecule has 0 aromatic heterocycles. The van der Waals surface area contributed by atoms with Crippen LogP contribution in [0.1, 0.15) is 33.4 Å². The first kappa shape index (κ1) is 31.9. The van der Waals surface area contributed by atoms with E-state index in [2.05, 4.69) is 131 Å². The molecule has 2 nitrogen and oxygen atoms in total. The summed E-state index contributed by atoms with van der Waals surface area (Å²) in [7, 11) is 0. The van der Waals surface area contributed by atoms with Crippen molar-refractivity contribution >= 4 is 22.7 Å². The Kier molecular flexibility index (Phi) is 7.34. The van der Waals surface area contributed by atoms with Gasteiger partial charge in [-0.25, -0.2) is 8.78 Å². The molecule has 0 N–H and O–H groups in total. The van der Waals surface area contributed by atoms with Crippen molar-refractivity contribution in [2.45, 2.75) is 11.1 Å². The van der Waals surface area contributed by atoms with Gasteiger partial charge in [0, 0.05) is 33.9 Å². The van der Waals surface area contributed by atoms with Crippen molar-refractivity contribution in [1.29, 1.82) is 0 Å². The van der Waals surface area contributed by atoms with E-state index in [1.54, 1.807) is 0 Å². The van der Waals surface area contributed by atoms with Gasteiger partial charge in [-0.15, -0.1) is 0 Å². The molecule has 0 radical (unpaired) electrons. The van der Waals surface area contributed by atoms with E-state index in [4.69, 9.17) is 0 Å². The molecule has 0 atom stereocenters. The quantitative estimate of drug-likeness (QED) is 0.146. The topological polar surface area (TPSA) is 6.48 Å². The Morgan fingerprint density at radius 3 is 0.981 bits per heavy atom. The molecule has 0 aliphatic heterocycles. The zero-order valence-corrected chi connectivity index (χ0v) is 29.3. The lowest BCUT2D eigenvalue weighted by Gasteiger charge is -2.52. The van der Waals surface area contributed by atoms with Crippen molar-refractivity contribution in [3.63, 3.8) is 0 Å². The third-order valence-electron chi connectivity index (χ3n) is 11.2. The highest BCUT2D eigenvalue weighted by molar-refractivity contribution is 5.99. The molecule has 2 aliphatic carbocycles. The fraction of sp³-hybridized carbons (Fsp3) is 0.0400. The molecular weight excluding hydrogens is 667 g/mol. The van der Waals surface area contributed by atoms with E-state index in [0.29, 0.717) is 0 Å². The first-order valence-electron chi connectivity index (χ1n) is 18.2. The monoisotopic (exact) mass is 700 g/mol. The summed E-state index contributed by atoms with van der Waals surface area (Å²) < 4.78 is 29.7. The average molecular weight is 701 g/mol. The van der Waals surface area contributed by atoms with Crippen LogP contribution in [0.15, 0.2) is 206 Å². The molecule has 258 valence electrons. The predicted molar refractivity (Wildman–Crippen MR) is 214 cm³/mol. The summed E-state index contributed by atoms with van der Waals surface area (Å²) in [4.78, 5) is 4.66. The Hall–Kier alpha value is -6.78. The third kappa shape index (κ3) is 4.43. The molecule has 4 heteroatoms. The second-order valence-corrected chi connectivity index (χ2v) is 13.9. The molecule has 0 fully saturated rings. The van der Waals surface area contributed by atoms with Crippen LogP contribution in [-0.4, -0.2) is 0 Å². The van der Waals surface area contributed by atoms with Crippen LogP contribution < -0.4 is 9.80 Å². The maximum absolute atomic E-state index is 14.8. The molecular formula is C50H34F2N2. The molecule has 0 saturated heterocycles. The van der Waals surface area contributed by atoms with Gasteiger partial charge in [-0.1, -0.05) is 133 Å². The molecule has 0 spiro atoms. The summed E-state index contributed by atoms with van der Waals surface area (Å²) in [5.74, 6) is -0.625. The van der Waals surface area contributed by atoms with Crippen LogP contribution in [-0.2, 0) is 11.1 Å². The number of hydrogen-bond donors (Lipinski definition) is 0. The van der Waals surface area contributed by atoms with E-state index in [1.807, 2.05) is 60.7 Å². The number of para-hydroxylation sites is 2. The number of nitrogens with zero attached hydrogens (tertiary/aromatic N) is 2. The second-order valence-electron chi connectivity index (χ2n) is 13.9. The summed E-state index contributed by atoms with van der Waals surface area (Å²) in [6.45, 7) is 0. The van der Waals surface area contributed by atoms with E-state index in [-0.39, 0.29) is 11.6 Å². The summed E-state index contributed by atoms with van der Waals surface area (Å²) in [5.41, 5.74) is 11.0. The van der Waals surface area contributed by atoms with E-state index in [0.717, 1.165) is 33.9 Å². The second kappa shape index (κ2) is 12.4. The predicted octanol–water partition coefficient (Wildman–Crippen LogP) is 12.5. The van der Waals surface area contributed by atoms with Crippen LogP contribution in [0.5, 0.6) is 0 Å². The minimum atomic E-state index is -1.09. The molecule has 0 bridgehead atoms. The Morgan fingerprint density at radius 1 is 0.296 bits per heavy atom. The molecule has 0 saturated carbocycles. The van der Waals surface area contributed by atoms with Gasteiger partial charge in [0.15, 0.2) is 5.66 Å². The minimum absolute atomic E-state index is 0.312. The van der Waals surface area contributed by atoms with Gasteiger partial charge in [-0.05, 0) is 106 Å². The largest absolute Gasteiger partial charge is 0.310 e. The molecule has 8 aromatic carbocycles. The summed E-state index contributed by atoms with van der Waals surface area (Å²) in [6, 6.07) is 69.1. The van der Waals surface area contributed by atoms with Crippen LogP contribution in [0, 0.1) is 11.6 Å². The Bertz CT molecular complexity index is 2420. The van der Waals surface area contributed by atoms with Gasteiger partial charge >= 0.3 is 0 Å². The number of anilines is 4. The Balaban J connectivity index is 1.41.